The third-order valence-electron chi connectivity index (χ3n) is 3.70. The van der Waals surface area contributed by atoms with Gasteiger partial charge in [-0.1, -0.05) is 0 Å². The number of hydrogen-bond acceptors (Lipinski definition) is 2. The Balaban J connectivity index is 2.24. The Morgan fingerprint density at radius 1 is 1.53 bits per heavy atom. The molecule has 1 amide bonds. The first kappa shape index (κ1) is 12.2. The summed E-state index contributed by atoms with van der Waals surface area (Å²) in [7, 11) is 1.90. The van der Waals surface area contributed by atoms with Gasteiger partial charge in [-0.05, 0) is 38.3 Å². The molecule has 1 aliphatic heterocycles. The second kappa shape index (κ2) is 4.92. The van der Waals surface area contributed by atoms with Gasteiger partial charge in [0.25, 0.3) is 5.91 Å². The van der Waals surface area contributed by atoms with Crippen molar-refractivity contribution in [3.05, 3.63) is 24.0 Å². The molecule has 94 valence electrons. The fraction of sp³-hybridized carbons (Fsp3) is 0.615. The lowest BCUT2D eigenvalue weighted by Crippen LogP contribution is -2.52. The molecule has 4 heteroatoms. The molecule has 2 rings (SSSR count). The van der Waals surface area contributed by atoms with Crippen molar-refractivity contribution >= 4 is 5.91 Å². The maximum absolute atomic E-state index is 12.5. The van der Waals surface area contributed by atoms with Gasteiger partial charge in [0.15, 0.2) is 0 Å². The van der Waals surface area contributed by atoms with Gasteiger partial charge in [-0.15, -0.1) is 0 Å². The zero-order chi connectivity index (χ0) is 12.4. The molecule has 0 saturated carbocycles. The molecule has 17 heavy (non-hydrogen) atoms. The van der Waals surface area contributed by atoms with Crippen molar-refractivity contribution in [2.24, 2.45) is 12.8 Å². The topological polar surface area (TPSA) is 51.3 Å². The Labute approximate surface area is 102 Å². The third kappa shape index (κ3) is 2.22. The number of likely N-dealkylation sites (tertiary alicyclic amines) is 1. The van der Waals surface area contributed by atoms with Gasteiger partial charge in [-0.2, -0.15) is 0 Å². The second-order valence-corrected chi connectivity index (χ2v) is 4.89. The predicted molar refractivity (Wildman–Crippen MR) is 67.7 cm³/mol. The van der Waals surface area contributed by atoms with Crippen LogP contribution in [0.15, 0.2) is 18.3 Å². The quantitative estimate of drug-likeness (QED) is 0.841. The molecule has 4 nitrogen and oxygen atoms in total. The van der Waals surface area contributed by atoms with Crippen LogP contribution in [0.4, 0.5) is 0 Å². The maximum Gasteiger partial charge on any atom is 0.270 e. The van der Waals surface area contributed by atoms with Gasteiger partial charge in [0.1, 0.15) is 5.69 Å². The predicted octanol–water partition coefficient (Wildman–Crippen LogP) is 1.37. The standard InChI is InChI=1S/C13H21N3O/c1-10-5-3-6-11(9-14)16(10)13(17)12-7-4-8-15(12)2/h4,7-8,10-11H,3,5-6,9,14H2,1-2H3. The minimum Gasteiger partial charge on any atom is -0.347 e. The number of aromatic nitrogens is 1. The summed E-state index contributed by atoms with van der Waals surface area (Å²) in [6.45, 7) is 2.67. The van der Waals surface area contributed by atoms with Crippen LogP contribution in [0.3, 0.4) is 0 Å². The van der Waals surface area contributed by atoms with Crippen LogP contribution >= 0.6 is 0 Å². The zero-order valence-electron chi connectivity index (χ0n) is 10.6. The van der Waals surface area contributed by atoms with Crippen LogP contribution in [0.5, 0.6) is 0 Å². The number of nitrogens with two attached hydrogens (primary N) is 1. The van der Waals surface area contributed by atoms with Gasteiger partial charge in [0.2, 0.25) is 0 Å². The van der Waals surface area contributed by atoms with Gasteiger partial charge in [-0.3, -0.25) is 4.79 Å². The van der Waals surface area contributed by atoms with Gasteiger partial charge in [-0.25, -0.2) is 0 Å². The highest BCUT2D eigenvalue weighted by Gasteiger charge is 2.32. The monoisotopic (exact) mass is 235 g/mol. The molecule has 0 bridgehead atoms. The summed E-state index contributed by atoms with van der Waals surface area (Å²) in [4.78, 5) is 14.5. The van der Waals surface area contributed by atoms with Crippen LogP contribution in [0.25, 0.3) is 0 Å². The van der Waals surface area contributed by atoms with Crippen molar-refractivity contribution in [3.63, 3.8) is 0 Å². The Bertz CT molecular complexity index is 399. The molecule has 1 aliphatic rings. The van der Waals surface area contributed by atoms with E-state index >= 15 is 0 Å². The third-order valence-corrected chi connectivity index (χ3v) is 3.70. The minimum atomic E-state index is 0.111. The first-order valence-corrected chi connectivity index (χ1v) is 6.29. The molecule has 1 fully saturated rings. The van der Waals surface area contributed by atoms with E-state index < -0.39 is 0 Å². The summed E-state index contributed by atoms with van der Waals surface area (Å²) in [5.74, 6) is 0.111. The molecule has 0 radical (unpaired) electrons. The van der Waals surface area contributed by atoms with Gasteiger partial charge < -0.3 is 15.2 Å². The molecule has 2 unspecified atom stereocenters. The van der Waals surface area contributed by atoms with Crippen molar-refractivity contribution in [1.82, 2.24) is 9.47 Å². The van der Waals surface area contributed by atoms with E-state index in [1.165, 1.54) is 6.42 Å². The van der Waals surface area contributed by atoms with E-state index in [4.69, 9.17) is 5.73 Å². The fourth-order valence-corrected chi connectivity index (χ4v) is 2.70. The minimum absolute atomic E-state index is 0.111. The number of hydrogen-bond donors (Lipinski definition) is 1. The Kier molecular flexibility index (Phi) is 3.52. The molecule has 1 aromatic rings. The number of carbonyl (C=O) groups is 1. The normalized spacial score (nSPS) is 25.0. The second-order valence-electron chi connectivity index (χ2n) is 4.89. The first-order chi connectivity index (χ1) is 8.15. The lowest BCUT2D eigenvalue weighted by Gasteiger charge is -2.40. The highest BCUT2D eigenvalue weighted by Crippen LogP contribution is 2.24. The molecule has 1 aromatic heterocycles. The van der Waals surface area contributed by atoms with Crippen molar-refractivity contribution in [1.29, 1.82) is 0 Å². The lowest BCUT2D eigenvalue weighted by atomic mass is 9.96. The van der Waals surface area contributed by atoms with E-state index in [1.807, 2.05) is 34.8 Å². The van der Waals surface area contributed by atoms with Crippen LogP contribution in [-0.2, 0) is 7.05 Å². The van der Waals surface area contributed by atoms with Crippen LogP contribution in [0.1, 0.15) is 36.7 Å². The molecule has 0 spiro atoms. The maximum atomic E-state index is 12.5. The smallest absolute Gasteiger partial charge is 0.270 e. The molecule has 0 aliphatic carbocycles. The zero-order valence-corrected chi connectivity index (χ0v) is 10.6. The average molecular weight is 235 g/mol. The van der Waals surface area contributed by atoms with Crippen molar-refractivity contribution in [2.75, 3.05) is 6.54 Å². The summed E-state index contributed by atoms with van der Waals surface area (Å²) in [6, 6.07) is 4.26. The van der Waals surface area contributed by atoms with E-state index in [9.17, 15) is 4.79 Å². The van der Waals surface area contributed by atoms with Crippen molar-refractivity contribution < 1.29 is 4.79 Å². The number of amides is 1. The summed E-state index contributed by atoms with van der Waals surface area (Å²) >= 11 is 0. The number of rotatable bonds is 2. The van der Waals surface area contributed by atoms with E-state index in [0.717, 1.165) is 18.5 Å². The van der Waals surface area contributed by atoms with Crippen LogP contribution < -0.4 is 5.73 Å². The van der Waals surface area contributed by atoms with E-state index in [1.54, 1.807) is 0 Å². The molecule has 2 N–H and O–H groups in total. The first-order valence-electron chi connectivity index (χ1n) is 6.29. The lowest BCUT2D eigenvalue weighted by molar-refractivity contribution is 0.0484. The molecular formula is C13H21N3O. The molecular weight excluding hydrogens is 214 g/mol. The Morgan fingerprint density at radius 2 is 2.29 bits per heavy atom. The number of carbonyl (C=O) groups excluding carboxylic acids is 1. The van der Waals surface area contributed by atoms with Gasteiger partial charge in [0.05, 0.1) is 0 Å². The van der Waals surface area contributed by atoms with Gasteiger partial charge in [0, 0.05) is 31.9 Å². The number of nitrogens with zero attached hydrogens (tertiary/aromatic N) is 2. The summed E-state index contributed by atoms with van der Waals surface area (Å²) in [6.07, 6.45) is 5.17. The van der Waals surface area contributed by atoms with Crippen molar-refractivity contribution in [3.8, 4) is 0 Å². The van der Waals surface area contributed by atoms with Crippen LogP contribution in [0, 0.1) is 0 Å². The van der Waals surface area contributed by atoms with Gasteiger partial charge >= 0.3 is 0 Å². The molecule has 2 atom stereocenters. The number of piperidine rings is 1. The molecule has 1 saturated heterocycles. The van der Waals surface area contributed by atoms with Crippen LogP contribution in [0.2, 0.25) is 0 Å². The Morgan fingerprint density at radius 3 is 2.88 bits per heavy atom. The average Bonchev–Trinajstić information content (AvgIpc) is 2.74. The summed E-state index contributed by atoms with van der Waals surface area (Å²) < 4.78 is 1.87. The largest absolute Gasteiger partial charge is 0.347 e. The molecule has 2 heterocycles. The number of aryl methyl sites for hydroxylation is 1. The molecule has 0 aromatic carbocycles. The highest BCUT2D eigenvalue weighted by molar-refractivity contribution is 5.93. The highest BCUT2D eigenvalue weighted by atomic mass is 16.2. The SMILES string of the molecule is CC1CCCC(CN)N1C(=O)c1cccn1C. The summed E-state index contributed by atoms with van der Waals surface area (Å²) in [5.41, 5.74) is 6.53. The van der Waals surface area contributed by atoms with Crippen molar-refractivity contribution in [2.45, 2.75) is 38.3 Å². The Hall–Kier alpha value is -1.29. The summed E-state index contributed by atoms with van der Waals surface area (Å²) in [5, 5.41) is 0. The van der Waals surface area contributed by atoms with Crippen LogP contribution in [-0.4, -0.2) is 34.0 Å². The van der Waals surface area contributed by atoms with E-state index in [2.05, 4.69) is 6.92 Å². The van der Waals surface area contributed by atoms with E-state index in [-0.39, 0.29) is 11.9 Å². The van der Waals surface area contributed by atoms with E-state index in [0.29, 0.717) is 12.6 Å². The fourth-order valence-electron chi connectivity index (χ4n) is 2.70.